The Kier molecular flexibility index (Phi) is 5.74. The van der Waals surface area contributed by atoms with E-state index in [-0.39, 0.29) is 6.04 Å². The number of hydrogen-bond donors (Lipinski definition) is 0. The summed E-state index contributed by atoms with van der Waals surface area (Å²) in [6, 6.07) is 12.8. The van der Waals surface area contributed by atoms with E-state index in [1.165, 1.54) is 0 Å². The molecule has 0 amide bonds. The van der Waals surface area contributed by atoms with Crippen LogP contribution >= 0.6 is 0 Å². The smallest absolute Gasteiger partial charge is 0.243 e. The van der Waals surface area contributed by atoms with Crippen LogP contribution in [-0.4, -0.2) is 58.5 Å². The average Bonchev–Trinajstić information content (AvgIpc) is 2.68. The molecule has 1 unspecified atom stereocenters. The summed E-state index contributed by atoms with van der Waals surface area (Å²) in [5.41, 5.74) is 1.85. The van der Waals surface area contributed by atoms with Crippen LogP contribution in [0.15, 0.2) is 47.4 Å². The minimum absolute atomic E-state index is 0.0250. The second-order valence-electron chi connectivity index (χ2n) is 6.77. The van der Waals surface area contributed by atoms with Crippen molar-refractivity contribution in [2.24, 2.45) is 0 Å². The zero-order valence-corrected chi connectivity index (χ0v) is 17.0. The third-order valence-corrected chi connectivity index (χ3v) is 6.95. The third kappa shape index (κ3) is 3.95. The topological polar surface area (TPSA) is 59.1 Å². The lowest BCUT2D eigenvalue weighted by Gasteiger charge is -2.39. The van der Waals surface area contributed by atoms with Gasteiger partial charge in [-0.15, -0.1) is 0 Å². The van der Waals surface area contributed by atoms with Crippen LogP contribution in [0, 0.1) is 6.92 Å². The van der Waals surface area contributed by atoms with Crippen molar-refractivity contribution in [1.29, 1.82) is 0 Å². The first-order chi connectivity index (χ1) is 12.9. The van der Waals surface area contributed by atoms with Crippen molar-refractivity contribution >= 4 is 10.0 Å². The Morgan fingerprint density at radius 3 is 2.48 bits per heavy atom. The fourth-order valence-electron chi connectivity index (χ4n) is 3.44. The Labute approximate surface area is 161 Å². The summed E-state index contributed by atoms with van der Waals surface area (Å²) in [4.78, 5) is 2.48. The van der Waals surface area contributed by atoms with E-state index in [0.717, 1.165) is 16.9 Å². The highest BCUT2D eigenvalue weighted by Gasteiger charge is 2.33. The zero-order chi connectivity index (χ0) is 19.6. The van der Waals surface area contributed by atoms with Gasteiger partial charge in [-0.25, -0.2) is 8.42 Å². The van der Waals surface area contributed by atoms with E-state index in [2.05, 4.69) is 4.90 Å². The van der Waals surface area contributed by atoms with Gasteiger partial charge in [0.1, 0.15) is 11.5 Å². The van der Waals surface area contributed by atoms with Crippen LogP contribution in [0.25, 0.3) is 0 Å². The average molecular weight is 391 g/mol. The Balaban J connectivity index is 1.89. The summed E-state index contributed by atoms with van der Waals surface area (Å²) < 4.78 is 38.5. The van der Waals surface area contributed by atoms with Gasteiger partial charge in [0.25, 0.3) is 0 Å². The number of sulfonamides is 1. The molecule has 0 aliphatic carbocycles. The predicted octanol–water partition coefficient (Wildman–Crippen LogP) is 2.69. The number of aryl methyl sites for hydroxylation is 1. The highest BCUT2D eigenvalue weighted by molar-refractivity contribution is 7.89. The molecular formula is C20H26N2O4S. The van der Waals surface area contributed by atoms with Gasteiger partial charge in [0.2, 0.25) is 10.0 Å². The summed E-state index contributed by atoms with van der Waals surface area (Å²) in [5.74, 6) is 1.45. The Bertz CT molecular complexity index is 914. The monoisotopic (exact) mass is 390 g/mol. The molecule has 2 aromatic rings. The molecule has 0 saturated carbocycles. The normalized spacial score (nSPS) is 19.0. The number of piperazine rings is 1. The van der Waals surface area contributed by atoms with Crippen LogP contribution in [0.1, 0.15) is 17.2 Å². The molecule has 1 aliphatic heterocycles. The molecule has 27 heavy (non-hydrogen) atoms. The lowest BCUT2D eigenvalue weighted by molar-refractivity contribution is 0.148. The van der Waals surface area contributed by atoms with Crippen LogP contribution < -0.4 is 9.47 Å². The molecule has 0 aromatic heterocycles. The summed E-state index contributed by atoms with van der Waals surface area (Å²) in [6.45, 7) is 3.37. The fourth-order valence-corrected chi connectivity index (χ4v) is 4.96. The second kappa shape index (κ2) is 7.88. The molecule has 1 atom stereocenters. The number of methoxy groups -OCH3 is 2. The van der Waals surface area contributed by atoms with Gasteiger partial charge in [-0.1, -0.05) is 12.1 Å². The van der Waals surface area contributed by atoms with Crippen molar-refractivity contribution in [3.05, 3.63) is 53.6 Å². The summed E-state index contributed by atoms with van der Waals surface area (Å²) in [7, 11) is 1.66. The zero-order valence-electron chi connectivity index (χ0n) is 16.2. The Hall–Kier alpha value is -2.09. The summed E-state index contributed by atoms with van der Waals surface area (Å²) in [5, 5.41) is 0. The van der Waals surface area contributed by atoms with Crippen molar-refractivity contribution < 1.29 is 17.9 Å². The molecule has 1 aliphatic rings. The van der Waals surface area contributed by atoms with E-state index in [4.69, 9.17) is 9.47 Å². The van der Waals surface area contributed by atoms with Crippen LogP contribution in [0.5, 0.6) is 11.5 Å². The van der Waals surface area contributed by atoms with Crippen molar-refractivity contribution in [3.63, 3.8) is 0 Å². The SMILES string of the molecule is COc1cccc(C2CN(S(=O)(=O)c3ccc(OC)c(C)c3)CCN2C)c1. The molecule has 3 rings (SSSR count). The number of likely N-dealkylation sites (N-methyl/N-ethyl adjacent to an activating group) is 1. The lowest BCUT2D eigenvalue weighted by Crippen LogP contribution is -2.48. The van der Waals surface area contributed by atoms with Crippen LogP contribution in [0.4, 0.5) is 0 Å². The second-order valence-corrected chi connectivity index (χ2v) is 8.71. The van der Waals surface area contributed by atoms with Gasteiger partial charge in [0, 0.05) is 25.7 Å². The number of rotatable bonds is 5. The molecule has 6 nitrogen and oxygen atoms in total. The maximum Gasteiger partial charge on any atom is 0.243 e. The maximum absolute atomic E-state index is 13.2. The first-order valence-electron chi connectivity index (χ1n) is 8.86. The molecule has 1 fully saturated rings. The van der Waals surface area contributed by atoms with Crippen LogP contribution in [-0.2, 0) is 10.0 Å². The van der Waals surface area contributed by atoms with Crippen molar-refractivity contribution in [1.82, 2.24) is 9.21 Å². The van der Waals surface area contributed by atoms with Crippen LogP contribution in [0.2, 0.25) is 0 Å². The Morgan fingerprint density at radius 1 is 1.04 bits per heavy atom. The number of benzene rings is 2. The molecule has 0 N–H and O–H groups in total. The van der Waals surface area contributed by atoms with Crippen molar-refractivity contribution in [2.75, 3.05) is 40.9 Å². The molecule has 0 radical (unpaired) electrons. The molecule has 146 valence electrons. The van der Waals surface area contributed by atoms with Gasteiger partial charge in [-0.3, -0.25) is 4.90 Å². The third-order valence-electron chi connectivity index (χ3n) is 5.09. The van der Waals surface area contributed by atoms with E-state index in [0.29, 0.717) is 30.3 Å². The van der Waals surface area contributed by atoms with E-state index in [1.54, 1.807) is 36.7 Å². The Morgan fingerprint density at radius 2 is 1.81 bits per heavy atom. The van der Waals surface area contributed by atoms with E-state index >= 15 is 0 Å². The van der Waals surface area contributed by atoms with E-state index in [9.17, 15) is 8.42 Å². The first-order valence-corrected chi connectivity index (χ1v) is 10.3. The van der Waals surface area contributed by atoms with Gasteiger partial charge in [-0.2, -0.15) is 4.31 Å². The van der Waals surface area contributed by atoms with E-state index in [1.807, 2.05) is 38.2 Å². The number of hydrogen-bond acceptors (Lipinski definition) is 5. The minimum atomic E-state index is -3.57. The summed E-state index contributed by atoms with van der Waals surface area (Å²) in [6.07, 6.45) is 0. The van der Waals surface area contributed by atoms with Gasteiger partial charge in [0.15, 0.2) is 0 Å². The minimum Gasteiger partial charge on any atom is -0.497 e. The lowest BCUT2D eigenvalue weighted by atomic mass is 10.0. The molecule has 2 aromatic carbocycles. The summed E-state index contributed by atoms with van der Waals surface area (Å²) >= 11 is 0. The van der Waals surface area contributed by atoms with Gasteiger partial charge < -0.3 is 9.47 Å². The molecule has 1 heterocycles. The maximum atomic E-state index is 13.2. The highest BCUT2D eigenvalue weighted by Crippen LogP contribution is 2.30. The van der Waals surface area contributed by atoms with Gasteiger partial charge in [0.05, 0.1) is 19.1 Å². The predicted molar refractivity (Wildman–Crippen MR) is 105 cm³/mol. The number of ether oxygens (including phenoxy) is 2. The number of nitrogens with zero attached hydrogens (tertiary/aromatic N) is 2. The largest absolute Gasteiger partial charge is 0.497 e. The van der Waals surface area contributed by atoms with Crippen LogP contribution in [0.3, 0.4) is 0 Å². The molecular weight excluding hydrogens is 364 g/mol. The molecule has 0 bridgehead atoms. The highest BCUT2D eigenvalue weighted by atomic mass is 32.2. The quantitative estimate of drug-likeness (QED) is 0.786. The molecule has 7 heteroatoms. The standard InChI is InChI=1S/C20H26N2O4S/c1-15-12-18(8-9-20(15)26-4)27(23,24)22-11-10-21(2)19(14-22)16-6-5-7-17(13-16)25-3/h5-9,12-13,19H,10-11,14H2,1-4H3. The molecule has 1 saturated heterocycles. The molecule has 0 spiro atoms. The van der Waals surface area contributed by atoms with Crippen molar-refractivity contribution in [3.8, 4) is 11.5 Å². The van der Waals surface area contributed by atoms with Crippen molar-refractivity contribution in [2.45, 2.75) is 17.9 Å². The van der Waals surface area contributed by atoms with E-state index < -0.39 is 10.0 Å². The first kappa shape index (κ1) is 19.7. The van der Waals surface area contributed by atoms with Gasteiger partial charge in [-0.05, 0) is 55.4 Å². The fraction of sp³-hybridized carbons (Fsp3) is 0.400. The van der Waals surface area contributed by atoms with Gasteiger partial charge >= 0.3 is 0 Å².